The van der Waals surface area contributed by atoms with E-state index in [4.69, 9.17) is 0 Å². The van der Waals surface area contributed by atoms with Crippen molar-refractivity contribution in [1.29, 1.82) is 0 Å². The molecule has 1 rings (SSSR count). The van der Waals surface area contributed by atoms with Crippen LogP contribution in [0.2, 0.25) is 0 Å². The first kappa shape index (κ1) is 8.88. The van der Waals surface area contributed by atoms with E-state index in [2.05, 4.69) is 0 Å². The Morgan fingerprint density at radius 2 is 1.62 bits per heavy atom. The zero-order chi connectivity index (χ0) is 5.33. The van der Waals surface area contributed by atoms with Gasteiger partial charge in [0.25, 0.3) is 0 Å². The van der Waals surface area contributed by atoms with Crippen LogP contribution in [0.3, 0.4) is 0 Å². The fraction of sp³-hybridized carbons (Fsp3) is 1.00. The molecule has 0 spiro atoms. The molecular formula is C6H14OPb. The molecule has 1 saturated carbocycles. The van der Waals surface area contributed by atoms with Gasteiger partial charge in [-0.2, -0.15) is 0 Å². The molecule has 0 aromatic rings. The van der Waals surface area contributed by atoms with Crippen LogP contribution in [-0.4, -0.2) is 38.0 Å². The summed E-state index contributed by atoms with van der Waals surface area (Å²) >= 11 is 0. The van der Waals surface area contributed by atoms with E-state index in [1.807, 2.05) is 6.92 Å². The Bertz CT molecular complexity index is 62.9. The van der Waals surface area contributed by atoms with Gasteiger partial charge in [-0.1, -0.05) is 12.8 Å². The predicted octanol–water partition coefficient (Wildman–Crippen LogP) is 0.395. The molecule has 2 radical (unpaired) electrons. The third-order valence-electron chi connectivity index (χ3n) is 1.68. The molecule has 0 aromatic heterocycles. The molecule has 1 fully saturated rings. The van der Waals surface area contributed by atoms with Crippen LogP contribution in [0.25, 0.3) is 0 Å². The second-order valence-corrected chi connectivity index (χ2v) is 2.70. The number of hydrogen-bond donors (Lipinski definition) is 1. The quantitative estimate of drug-likeness (QED) is 0.642. The van der Waals surface area contributed by atoms with Crippen molar-refractivity contribution in [2.24, 2.45) is 0 Å². The minimum atomic E-state index is -0.306. The van der Waals surface area contributed by atoms with Crippen molar-refractivity contribution in [3.63, 3.8) is 0 Å². The van der Waals surface area contributed by atoms with Gasteiger partial charge in [0, 0.05) is 0 Å². The van der Waals surface area contributed by atoms with E-state index in [-0.39, 0.29) is 32.9 Å². The Labute approximate surface area is 70.6 Å². The standard InChI is InChI=1S/C6H12O.Pb.2H/c1-6(7)4-2-3-5-6;;;/h7H,2-5H2,1H3;;;. The summed E-state index contributed by atoms with van der Waals surface area (Å²) in [6, 6.07) is 0. The van der Waals surface area contributed by atoms with Gasteiger partial charge in [-0.05, 0) is 19.8 Å². The molecule has 48 valence electrons. The van der Waals surface area contributed by atoms with Gasteiger partial charge < -0.3 is 5.11 Å². The van der Waals surface area contributed by atoms with Crippen molar-refractivity contribution in [3.8, 4) is 0 Å². The van der Waals surface area contributed by atoms with Crippen molar-refractivity contribution < 1.29 is 5.11 Å². The van der Waals surface area contributed by atoms with Crippen LogP contribution in [0, 0.1) is 0 Å². The molecule has 2 heteroatoms. The van der Waals surface area contributed by atoms with E-state index in [0.717, 1.165) is 12.8 Å². The first-order chi connectivity index (χ1) is 3.21. The fourth-order valence-corrected chi connectivity index (χ4v) is 1.14. The van der Waals surface area contributed by atoms with E-state index in [0.29, 0.717) is 0 Å². The summed E-state index contributed by atoms with van der Waals surface area (Å²) in [5.74, 6) is 0. The predicted molar refractivity (Wildman–Crippen MR) is 37.6 cm³/mol. The summed E-state index contributed by atoms with van der Waals surface area (Å²) in [5.41, 5.74) is -0.306. The molecule has 0 atom stereocenters. The van der Waals surface area contributed by atoms with Crippen molar-refractivity contribution in [2.45, 2.75) is 38.2 Å². The zero-order valence-corrected chi connectivity index (χ0v) is 11.0. The van der Waals surface area contributed by atoms with E-state index < -0.39 is 0 Å². The molecule has 0 saturated heterocycles. The van der Waals surface area contributed by atoms with Crippen LogP contribution in [0.1, 0.15) is 32.6 Å². The average molecular weight is 309 g/mol. The molecule has 1 nitrogen and oxygen atoms in total. The van der Waals surface area contributed by atoms with Gasteiger partial charge in [-0.15, -0.1) is 0 Å². The molecule has 1 aliphatic carbocycles. The monoisotopic (exact) mass is 310 g/mol. The normalized spacial score (nSPS) is 24.8. The van der Waals surface area contributed by atoms with Crippen molar-refractivity contribution in [2.75, 3.05) is 0 Å². The van der Waals surface area contributed by atoms with Gasteiger partial charge in [0.15, 0.2) is 0 Å². The van der Waals surface area contributed by atoms with E-state index >= 15 is 0 Å². The van der Waals surface area contributed by atoms with Gasteiger partial charge in [0.1, 0.15) is 0 Å². The third kappa shape index (κ3) is 2.44. The second kappa shape index (κ2) is 3.15. The van der Waals surface area contributed by atoms with Crippen LogP contribution in [0.4, 0.5) is 0 Å². The molecule has 8 heavy (non-hydrogen) atoms. The number of aliphatic hydroxyl groups is 1. The van der Waals surface area contributed by atoms with E-state index in [1.165, 1.54) is 12.8 Å². The molecule has 0 bridgehead atoms. The van der Waals surface area contributed by atoms with Crippen molar-refractivity contribution in [3.05, 3.63) is 0 Å². The first-order valence-electron chi connectivity index (χ1n) is 2.93. The van der Waals surface area contributed by atoms with Gasteiger partial charge in [-0.25, -0.2) is 0 Å². The second-order valence-electron chi connectivity index (χ2n) is 2.70. The Kier molecular flexibility index (Phi) is 3.50. The van der Waals surface area contributed by atoms with Gasteiger partial charge >= 0.3 is 27.3 Å². The Morgan fingerprint density at radius 1 is 1.25 bits per heavy atom. The molecule has 0 aliphatic heterocycles. The average Bonchev–Trinajstić information content (AvgIpc) is 1.84. The Balaban J connectivity index is 0.000000490. The summed E-state index contributed by atoms with van der Waals surface area (Å²) in [4.78, 5) is 0. The Morgan fingerprint density at radius 3 is 1.75 bits per heavy atom. The van der Waals surface area contributed by atoms with Gasteiger partial charge in [0.2, 0.25) is 0 Å². The maximum absolute atomic E-state index is 9.19. The van der Waals surface area contributed by atoms with Crippen molar-refractivity contribution >= 4 is 27.3 Å². The van der Waals surface area contributed by atoms with Crippen LogP contribution < -0.4 is 0 Å². The van der Waals surface area contributed by atoms with E-state index in [1.54, 1.807) is 0 Å². The molecule has 0 heterocycles. The summed E-state index contributed by atoms with van der Waals surface area (Å²) in [5, 5.41) is 9.19. The number of hydrogen-bond acceptors (Lipinski definition) is 1. The van der Waals surface area contributed by atoms with Gasteiger partial charge in [0.05, 0.1) is 5.60 Å². The molecular weight excluding hydrogens is 295 g/mol. The molecule has 0 unspecified atom stereocenters. The maximum atomic E-state index is 9.19. The SMILES string of the molecule is CC1(O)CCCC1.[PbH2]. The topological polar surface area (TPSA) is 20.2 Å². The van der Waals surface area contributed by atoms with Crippen LogP contribution in [0.5, 0.6) is 0 Å². The fourth-order valence-electron chi connectivity index (χ4n) is 1.14. The van der Waals surface area contributed by atoms with E-state index in [9.17, 15) is 5.11 Å². The number of rotatable bonds is 0. The summed E-state index contributed by atoms with van der Waals surface area (Å²) in [6.45, 7) is 1.92. The molecule has 0 aromatic carbocycles. The summed E-state index contributed by atoms with van der Waals surface area (Å²) in [7, 11) is 0. The van der Waals surface area contributed by atoms with Gasteiger partial charge in [-0.3, -0.25) is 0 Å². The van der Waals surface area contributed by atoms with Crippen LogP contribution in [-0.2, 0) is 0 Å². The molecule has 1 N–H and O–H groups in total. The minimum absolute atomic E-state index is 0. The van der Waals surface area contributed by atoms with Crippen molar-refractivity contribution in [1.82, 2.24) is 0 Å². The molecule has 0 amide bonds. The Hall–Kier alpha value is 0.882. The first-order valence-corrected chi connectivity index (χ1v) is 2.93. The van der Waals surface area contributed by atoms with Crippen LogP contribution >= 0.6 is 0 Å². The third-order valence-corrected chi connectivity index (χ3v) is 1.68. The summed E-state index contributed by atoms with van der Waals surface area (Å²) < 4.78 is 0. The van der Waals surface area contributed by atoms with Crippen LogP contribution in [0.15, 0.2) is 0 Å². The molecule has 1 aliphatic rings. The zero-order valence-electron chi connectivity index (χ0n) is 5.48. The summed E-state index contributed by atoms with van der Waals surface area (Å²) in [6.07, 6.45) is 4.44.